The predicted molar refractivity (Wildman–Crippen MR) is 85.2 cm³/mol. The van der Waals surface area contributed by atoms with E-state index < -0.39 is 10.0 Å². The van der Waals surface area contributed by atoms with E-state index in [1.54, 1.807) is 18.2 Å². The highest BCUT2D eigenvalue weighted by molar-refractivity contribution is 7.92. The highest BCUT2D eigenvalue weighted by Gasteiger charge is 2.21. The van der Waals surface area contributed by atoms with Crippen molar-refractivity contribution in [1.29, 1.82) is 0 Å². The van der Waals surface area contributed by atoms with E-state index in [1.165, 1.54) is 0 Å². The van der Waals surface area contributed by atoms with Gasteiger partial charge in [0.25, 0.3) is 10.0 Å². The van der Waals surface area contributed by atoms with Crippen LogP contribution >= 0.6 is 0 Å². The number of aryl methyl sites for hydroxylation is 1. The maximum atomic E-state index is 12.5. The first-order valence-corrected chi connectivity index (χ1v) is 8.41. The lowest BCUT2D eigenvalue weighted by Crippen LogP contribution is -2.13. The predicted octanol–water partition coefficient (Wildman–Crippen LogP) is 3.15. The molecule has 5 heteroatoms. The van der Waals surface area contributed by atoms with Crippen LogP contribution in [0.25, 0.3) is 0 Å². The third-order valence-electron chi connectivity index (χ3n) is 3.59. The molecule has 0 saturated carbocycles. The normalized spacial score (nSPS) is 17.1. The Labute approximate surface area is 125 Å². The first kappa shape index (κ1) is 13.9. The van der Waals surface area contributed by atoms with Gasteiger partial charge in [0.1, 0.15) is 0 Å². The summed E-state index contributed by atoms with van der Waals surface area (Å²) in [7, 11) is -3.55. The summed E-state index contributed by atoms with van der Waals surface area (Å²) in [6.45, 7) is 4.01. The molecule has 0 unspecified atom stereocenters. The van der Waals surface area contributed by atoms with Crippen LogP contribution in [0.3, 0.4) is 0 Å². The van der Waals surface area contributed by atoms with Gasteiger partial charge < -0.3 is 5.32 Å². The molecule has 0 aromatic heterocycles. The third kappa shape index (κ3) is 2.88. The van der Waals surface area contributed by atoms with Gasteiger partial charge in [0.05, 0.1) is 4.90 Å². The summed E-state index contributed by atoms with van der Waals surface area (Å²) in [5.41, 5.74) is 3.68. The molecular formula is C16H18N2O2S. The van der Waals surface area contributed by atoms with E-state index in [-0.39, 0.29) is 0 Å². The number of anilines is 2. The highest BCUT2D eigenvalue weighted by atomic mass is 32.2. The number of sulfonamides is 1. The Kier molecular flexibility index (Phi) is 3.37. The standard InChI is InChI=1S/C16H18N2O2S/c1-11-4-3-5-14(8-11)18-21(19,20)15-6-7-16-13(10-15)9-12(2)17-16/h3-8,10,12,17-18H,9H2,1-2H3/t12-/m1/s1. The number of hydrogen-bond donors (Lipinski definition) is 2. The Morgan fingerprint density at radius 2 is 2.00 bits per heavy atom. The minimum atomic E-state index is -3.55. The van der Waals surface area contributed by atoms with Crippen molar-refractivity contribution in [3.05, 3.63) is 53.6 Å². The summed E-state index contributed by atoms with van der Waals surface area (Å²) < 4.78 is 27.6. The minimum absolute atomic E-state index is 0.304. The van der Waals surface area contributed by atoms with E-state index in [2.05, 4.69) is 17.0 Å². The molecule has 2 N–H and O–H groups in total. The molecule has 0 bridgehead atoms. The van der Waals surface area contributed by atoms with Gasteiger partial charge >= 0.3 is 0 Å². The molecule has 3 rings (SSSR count). The van der Waals surface area contributed by atoms with Gasteiger partial charge in [-0.2, -0.15) is 0 Å². The molecule has 1 atom stereocenters. The summed E-state index contributed by atoms with van der Waals surface area (Å²) >= 11 is 0. The van der Waals surface area contributed by atoms with Crippen molar-refractivity contribution in [3.8, 4) is 0 Å². The second kappa shape index (κ2) is 5.07. The smallest absolute Gasteiger partial charge is 0.261 e. The highest BCUT2D eigenvalue weighted by Crippen LogP contribution is 2.28. The fraction of sp³-hybridized carbons (Fsp3) is 0.250. The number of nitrogens with one attached hydrogen (secondary N) is 2. The van der Waals surface area contributed by atoms with E-state index in [0.29, 0.717) is 16.6 Å². The summed E-state index contributed by atoms with van der Waals surface area (Å²) in [6, 6.07) is 12.9. The summed E-state index contributed by atoms with van der Waals surface area (Å²) in [4.78, 5) is 0.304. The molecule has 2 aromatic rings. The van der Waals surface area contributed by atoms with Gasteiger partial charge in [-0.3, -0.25) is 4.72 Å². The molecule has 110 valence electrons. The fourth-order valence-corrected chi connectivity index (χ4v) is 3.72. The molecule has 21 heavy (non-hydrogen) atoms. The van der Waals surface area contributed by atoms with E-state index in [9.17, 15) is 8.42 Å². The number of benzene rings is 2. The van der Waals surface area contributed by atoms with Crippen molar-refractivity contribution in [3.63, 3.8) is 0 Å². The number of rotatable bonds is 3. The Morgan fingerprint density at radius 1 is 1.19 bits per heavy atom. The molecule has 1 aliphatic rings. The summed E-state index contributed by atoms with van der Waals surface area (Å²) in [6.07, 6.45) is 0.850. The van der Waals surface area contributed by atoms with Crippen molar-refractivity contribution in [2.75, 3.05) is 10.0 Å². The zero-order valence-electron chi connectivity index (χ0n) is 12.1. The fourth-order valence-electron chi connectivity index (χ4n) is 2.62. The third-order valence-corrected chi connectivity index (χ3v) is 4.96. The largest absolute Gasteiger partial charge is 0.382 e. The van der Waals surface area contributed by atoms with Gasteiger partial charge in [-0.15, -0.1) is 0 Å². The molecular weight excluding hydrogens is 284 g/mol. The van der Waals surface area contributed by atoms with E-state index in [1.807, 2.05) is 31.2 Å². The molecule has 0 saturated heterocycles. The molecule has 0 amide bonds. The van der Waals surface area contributed by atoms with Crippen LogP contribution in [0.2, 0.25) is 0 Å². The summed E-state index contributed by atoms with van der Waals surface area (Å²) in [5.74, 6) is 0. The molecule has 1 aliphatic heterocycles. The van der Waals surface area contributed by atoms with Gasteiger partial charge in [-0.05, 0) is 61.7 Å². The van der Waals surface area contributed by atoms with Gasteiger partial charge in [0.15, 0.2) is 0 Å². The van der Waals surface area contributed by atoms with Crippen LogP contribution in [0.4, 0.5) is 11.4 Å². The van der Waals surface area contributed by atoms with Crippen molar-refractivity contribution >= 4 is 21.4 Å². The minimum Gasteiger partial charge on any atom is -0.382 e. The van der Waals surface area contributed by atoms with Crippen molar-refractivity contribution in [2.45, 2.75) is 31.2 Å². The Balaban J connectivity index is 1.91. The lowest BCUT2D eigenvalue weighted by molar-refractivity contribution is 0.601. The van der Waals surface area contributed by atoms with Crippen molar-refractivity contribution in [1.82, 2.24) is 0 Å². The van der Waals surface area contributed by atoms with Crippen LogP contribution in [0.15, 0.2) is 47.4 Å². The Morgan fingerprint density at radius 3 is 2.76 bits per heavy atom. The lowest BCUT2D eigenvalue weighted by atomic mass is 10.1. The Hall–Kier alpha value is -2.01. The molecule has 4 nitrogen and oxygen atoms in total. The molecule has 0 radical (unpaired) electrons. The van der Waals surface area contributed by atoms with Crippen LogP contribution in [-0.4, -0.2) is 14.5 Å². The zero-order chi connectivity index (χ0) is 15.0. The summed E-state index contributed by atoms with van der Waals surface area (Å²) in [5, 5.41) is 3.32. The first-order chi connectivity index (χ1) is 9.94. The van der Waals surface area contributed by atoms with E-state index >= 15 is 0 Å². The Bertz CT molecular complexity index is 785. The zero-order valence-corrected chi connectivity index (χ0v) is 12.9. The topological polar surface area (TPSA) is 58.2 Å². The number of hydrogen-bond acceptors (Lipinski definition) is 3. The second-order valence-corrected chi connectivity index (χ2v) is 7.23. The molecule has 0 aliphatic carbocycles. The van der Waals surface area contributed by atoms with Crippen LogP contribution in [0.5, 0.6) is 0 Å². The maximum Gasteiger partial charge on any atom is 0.261 e. The van der Waals surface area contributed by atoms with E-state index in [0.717, 1.165) is 23.2 Å². The second-order valence-electron chi connectivity index (χ2n) is 5.54. The van der Waals surface area contributed by atoms with Crippen LogP contribution in [0.1, 0.15) is 18.1 Å². The van der Waals surface area contributed by atoms with Gasteiger partial charge in [-0.1, -0.05) is 12.1 Å². The SMILES string of the molecule is Cc1cccc(NS(=O)(=O)c2ccc3c(c2)C[C@@H](C)N3)c1. The first-order valence-electron chi connectivity index (χ1n) is 6.93. The van der Waals surface area contributed by atoms with Gasteiger partial charge in [0.2, 0.25) is 0 Å². The van der Waals surface area contributed by atoms with Gasteiger partial charge in [0, 0.05) is 17.4 Å². The molecule has 1 heterocycles. The van der Waals surface area contributed by atoms with Crippen LogP contribution in [0, 0.1) is 6.92 Å². The quantitative estimate of drug-likeness (QED) is 0.915. The monoisotopic (exact) mass is 302 g/mol. The molecule has 0 spiro atoms. The van der Waals surface area contributed by atoms with Gasteiger partial charge in [-0.25, -0.2) is 8.42 Å². The average Bonchev–Trinajstić information content (AvgIpc) is 2.77. The number of fused-ring (bicyclic) bond motifs is 1. The van der Waals surface area contributed by atoms with Crippen LogP contribution < -0.4 is 10.0 Å². The molecule has 0 fully saturated rings. The molecule has 2 aromatic carbocycles. The maximum absolute atomic E-state index is 12.5. The van der Waals surface area contributed by atoms with E-state index in [4.69, 9.17) is 0 Å². The van der Waals surface area contributed by atoms with Crippen LogP contribution in [-0.2, 0) is 16.4 Å². The van der Waals surface area contributed by atoms with Crippen molar-refractivity contribution in [2.24, 2.45) is 0 Å². The average molecular weight is 302 g/mol. The lowest BCUT2D eigenvalue weighted by Gasteiger charge is -2.10. The van der Waals surface area contributed by atoms with Crippen molar-refractivity contribution < 1.29 is 8.42 Å².